The van der Waals surface area contributed by atoms with E-state index >= 15 is 0 Å². The molecule has 3 rings (SSSR count). The number of thiazole rings is 1. The fourth-order valence-corrected chi connectivity index (χ4v) is 3.69. The predicted octanol–water partition coefficient (Wildman–Crippen LogP) is 3.76. The first-order valence-electron chi connectivity index (χ1n) is 5.97. The first kappa shape index (κ1) is 13.3. The molecule has 0 saturated carbocycles. The van der Waals surface area contributed by atoms with E-state index in [4.69, 9.17) is 4.74 Å². The van der Waals surface area contributed by atoms with Crippen molar-refractivity contribution in [2.45, 2.75) is 6.42 Å². The number of aromatic amines is 1. The van der Waals surface area contributed by atoms with Crippen molar-refractivity contribution in [2.75, 3.05) is 7.11 Å². The molecule has 0 aliphatic heterocycles. The van der Waals surface area contributed by atoms with Crippen molar-refractivity contribution in [3.05, 3.63) is 50.5 Å². The van der Waals surface area contributed by atoms with Gasteiger partial charge in [-0.3, -0.25) is 0 Å². The normalized spacial score (nSPS) is 10.9. The van der Waals surface area contributed by atoms with Gasteiger partial charge in [-0.1, -0.05) is 18.2 Å². The number of hydrogen-bond acceptors (Lipinski definition) is 4. The van der Waals surface area contributed by atoms with Crippen molar-refractivity contribution in [1.82, 2.24) is 9.97 Å². The fourth-order valence-electron chi connectivity index (χ4n) is 2.08. The number of hydrogen-bond donors (Lipinski definition) is 1. The number of para-hydroxylation sites is 1. The Kier molecular flexibility index (Phi) is 3.58. The summed E-state index contributed by atoms with van der Waals surface area (Å²) >= 11 is 4.82. The minimum absolute atomic E-state index is 0.340. The van der Waals surface area contributed by atoms with E-state index < -0.39 is 5.97 Å². The maximum Gasteiger partial charge on any atom is 0.358 e. The van der Waals surface area contributed by atoms with E-state index in [1.54, 1.807) is 0 Å². The molecular formula is C14H11BrN2O2S. The number of fused-ring (bicyclic) bond motifs is 1. The summed E-state index contributed by atoms with van der Waals surface area (Å²) in [7, 11) is 1.35. The Morgan fingerprint density at radius 1 is 1.45 bits per heavy atom. The first-order chi connectivity index (χ1) is 9.69. The number of carbonyl (C=O) groups excluding carboxylic acids is 1. The predicted molar refractivity (Wildman–Crippen MR) is 82.3 cm³/mol. The molecule has 1 N–H and O–H groups in total. The second-order valence-corrected chi connectivity index (χ2v) is 6.66. The van der Waals surface area contributed by atoms with Crippen LogP contribution in [0.3, 0.4) is 0 Å². The summed E-state index contributed by atoms with van der Waals surface area (Å²) < 4.78 is 5.41. The molecule has 102 valence electrons. The summed E-state index contributed by atoms with van der Waals surface area (Å²) in [5.41, 5.74) is 2.61. The average Bonchev–Trinajstić information content (AvgIpc) is 3.03. The largest absolute Gasteiger partial charge is 0.464 e. The quantitative estimate of drug-likeness (QED) is 0.731. The molecule has 0 aliphatic carbocycles. The van der Waals surface area contributed by atoms with Gasteiger partial charge in [0, 0.05) is 23.5 Å². The number of nitrogens with one attached hydrogen (secondary N) is 1. The van der Waals surface area contributed by atoms with E-state index in [2.05, 4.69) is 32.0 Å². The van der Waals surface area contributed by atoms with Gasteiger partial charge in [-0.2, -0.15) is 0 Å². The van der Waals surface area contributed by atoms with Crippen molar-refractivity contribution in [3.8, 4) is 0 Å². The third kappa shape index (κ3) is 2.36. The van der Waals surface area contributed by atoms with Crippen molar-refractivity contribution in [1.29, 1.82) is 0 Å². The lowest BCUT2D eigenvalue weighted by Gasteiger charge is -1.95. The van der Waals surface area contributed by atoms with Crippen LogP contribution >= 0.6 is 27.3 Å². The van der Waals surface area contributed by atoms with E-state index in [-0.39, 0.29) is 0 Å². The lowest BCUT2D eigenvalue weighted by Crippen LogP contribution is -2.02. The van der Waals surface area contributed by atoms with Crippen LogP contribution in [0.4, 0.5) is 0 Å². The number of H-pyrrole nitrogens is 1. The van der Waals surface area contributed by atoms with E-state index in [1.807, 2.05) is 24.4 Å². The SMILES string of the molecule is COC(=O)c1nc(Cc2c[nH]c3ccccc23)sc1Br. The molecule has 6 heteroatoms. The molecule has 4 nitrogen and oxygen atoms in total. The highest BCUT2D eigenvalue weighted by Crippen LogP contribution is 2.28. The minimum atomic E-state index is -0.418. The third-order valence-corrected chi connectivity index (χ3v) is 4.73. The standard InChI is InChI=1S/C14H11BrN2O2S/c1-19-14(18)12-13(15)20-11(17-12)6-8-7-16-10-5-3-2-4-9(8)10/h2-5,7,16H,6H2,1H3. The number of methoxy groups -OCH3 is 1. The number of esters is 1. The molecule has 0 spiro atoms. The van der Waals surface area contributed by atoms with Crippen molar-refractivity contribution in [2.24, 2.45) is 0 Å². The lowest BCUT2D eigenvalue weighted by atomic mass is 10.1. The molecule has 2 heterocycles. The highest BCUT2D eigenvalue weighted by molar-refractivity contribution is 9.11. The van der Waals surface area contributed by atoms with E-state index in [1.165, 1.54) is 29.4 Å². The zero-order valence-corrected chi connectivity index (χ0v) is 13.0. The first-order valence-corrected chi connectivity index (χ1v) is 7.58. The summed E-state index contributed by atoms with van der Waals surface area (Å²) in [5, 5.41) is 2.06. The van der Waals surface area contributed by atoms with Crippen molar-refractivity contribution >= 4 is 44.1 Å². The van der Waals surface area contributed by atoms with Gasteiger partial charge >= 0.3 is 5.97 Å². The number of aromatic nitrogens is 2. The maximum absolute atomic E-state index is 11.5. The molecular weight excluding hydrogens is 340 g/mol. The Bertz CT molecular complexity index is 778. The Hall–Kier alpha value is -1.66. The van der Waals surface area contributed by atoms with Gasteiger partial charge in [0.15, 0.2) is 5.69 Å². The second-order valence-electron chi connectivity index (χ2n) is 4.26. The van der Waals surface area contributed by atoms with Crippen LogP contribution in [0.1, 0.15) is 21.1 Å². The molecule has 0 fully saturated rings. The topological polar surface area (TPSA) is 55.0 Å². The minimum Gasteiger partial charge on any atom is -0.464 e. The van der Waals surface area contributed by atoms with Crippen LogP contribution in [-0.4, -0.2) is 23.0 Å². The third-order valence-electron chi connectivity index (χ3n) is 3.03. The smallest absolute Gasteiger partial charge is 0.358 e. The lowest BCUT2D eigenvalue weighted by molar-refractivity contribution is 0.0593. The van der Waals surface area contributed by atoms with Gasteiger partial charge in [0.1, 0.15) is 3.79 Å². The van der Waals surface area contributed by atoms with Crippen LogP contribution in [0.15, 0.2) is 34.2 Å². The number of halogens is 1. The molecule has 2 aromatic heterocycles. The van der Waals surface area contributed by atoms with Crippen LogP contribution in [0.2, 0.25) is 0 Å². The van der Waals surface area contributed by atoms with Gasteiger partial charge in [-0.05, 0) is 27.6 Å². The monoisotopic (exact) mass is 350 g/mol. The van der Waals surface area contributed by atoms with Crippen LogP contribution in [0, 0.1) is 0 Å². The van der Waals surface area contributed by atoms with Crippen LogP contribution in [0.25, 0.3) is 10.9 Å². The molecule has 1 aromatic carbocycles. The van der Waals surface area contributed by atoms with Gasteiger partial charge in [0.2, 0.25) is 0 Å². The van der Waals surface area contributed by atoms with Crippen LogP contribution in [0.5, 0.6) is 0 Å². The molecule has 0 amide bonds. The molecule has 0 atom stereocenters. The highest BCUT2D eigenvalue weighted by atomic mass is 79.9. The Balaban J connectivity index is 1.93. The Labute approximate surface area is 127 Å². The molecule has 0 unspecified atom stereocenters. The number of ether oxygens (including phenoxy) is 1. The second kappa shape index (κ2) is 5.38. The summed E-state index contributed by atoms with van der Waals surface area (Å²) in [4.78, 5) is 19.1. The molecule has 20 heavy (non-hydrogen) atoms. The van der Waals surface area contributed by atoms with Crippen LogP contribution < -0.4 is 0 Å². The van der Waals surface area contributed by atoms with Gasteiger partial charge in [0.05, 0.1) is 12.1 Å². The van der Waals surface area contributed by atoms with Crippen LogP contribution in [-0.2, 0) is 11.2 Å². The maximum atomic E-state index is 11.5. The zero-order valence-electron chi connectivity index (χ0n) is 10.6. The number of nitrogens with zero attached hydrogens (tertiary/aromatic N) is 1. The fraction of sp³-hybridized carbons (Fsp3) is 0.143. The van der Waals surface area contributed by atoms with E-state index in [0.717, 1.165) is 10.5 Å². The van der Waals surface area contributed by atoms with Gasteiger partial charge in [0.25, 0.3) is 0 Å². The summed E-state index contributed by atoms with van der Waals surface area (Å²) in [6.45, 7) is 0. The van der Waals surface area contributed by atoms with Crippen molar-refractivity contribution < 1.29 is 9.53 Å². The molecule has 3 aromatic rings. The van der Waals surface area contributed by atoms with E-state index in [9.17, 15) is 4.79 Å². The summed E-state index contributed by atoms with van der Waals surface area (Å²) in [6.07, 6.45) is 2.67. The van der Waals surface area contributed by atoms with E-state index in [0.29, 0.717) is 15.9 Å². The molecule has 0 saturated heterocycles. The van der Waals surface area contributed by atoms with Gasteiger partial charge in [-0.15, -0.1) is 11.3 Å². The highest BCUT2D eigenvalue weighted by Gasteiger charge is 2.17. The van der Waals surface area contributed by atoms with Gasteiger partial charge in [-0.25, -0.2) is 9.78 Å². The Morgan fingerprint density at radius 2 is 2.25 bits per heavy atom. The number of rotatable bonds is 3. The van der Waals surface area contributed by atoms with Gasteiger partial charge < -0.3 is 9.72 Å². The summed E-state index contributed by atoms with van der Waals surface area (Å²) in [5.74, 6) is -0.418. The number of carbonyl (C=O) groups is 1. The zero-order chi connectivity index (χ0) is 14.1. The molecule has 0 radical (unpaired) electrons. The number of benzene rings is 1. The molecule has 0 aliphatic rings. The molecule has 0 bridgehead atoms. The average molecular weight is 351 g/mol. The summed E-state index contributed by atoms with van der Waals surface area (Å²) in [6, 6.07) is 8.12. The Morgan fingerprint density at radius 3 is 3.05 bits per heavy atom. The van der Waals surface area contributed by atoms with Crippen molar-refractivity contribution in [3.63, 3.8) is 0 Å².